The van der Waals surface area contributed by atoms with Gasteiger partial charge in [0.1, 0.15) is 0 Å². The monoisotopic (exact) mass is 239 g/mol. The first-order valence-electron chi connectivity index (χ1n) is 4.47. The van der Waals surface area contributed by atoms with Gasteiger partial charge in [-0.25, -0.2) is 4.90 Å². The summed E-state index contributed by atoms with van der Waals surface area (Å²) in [7, 11) is 0. The molecule has 1 aliphatic rings. The van der Waals surface area contributed by atoms with Gasteiger partial charge in [-0.2, -0.15) is 0 Å². The minimum Gasteiger partial charge on any atom is -0.545 e. The Hall–Kier alpha value is -1.43. The van der Waals surface area contributed by atoms with E-state index in [9.17, 15) is 19.5 Å². The number of rotatable bonds is 2. The maximum Gasteiger partial charge on any atom is 1.00 e. The van der Waals surface area contributed by atoms with Crippen molar-refractivity contribution in [3.63, 3.8) is 0 Å². The van der Waals surface area contributed by atoms with Crippen molar-refractivity contribution >= 4 is 23.5 Å². The fraction of sp³-hybridized carbons (Fsp3) is 0. The number of amides is 2. The van der Waals surface area contributed by atoms with Crippen molar-refractivity contribution in [1.29, 1.82) is 0 Å². The van der Waals surface area contributed by atoms with E-state index in [4.69, 9.17) is 0 Å². The molecule has 1 aromatic rings. The van der Waals surface area contributed by atoms with Crippen LogP contribution in [-0.4, -0.2) is 17.8 Å². The Morgan fingerprint density at radius 3 is 1.88 bits per heavy atom. The van der Waals surface area contributed by atoms with Gasteiger partial charge in [0.25, 0.3) is 11.8 Å². The molecule has 1 aliphatic heterocycles. The van der Waals surface area contributed by atoms with Crippen LogP contribution in [0.25, 0.3) is 0 Å². The van der Waals surface area contributed by atoms with Gasteiger partial charge in [-0.15, -0.1) is 0 Å². The number of hydrogen-bond donors (Lipinski definition) is 0. The largest absolute Gasteiger partial charge is 1.00 e. The van der Waals surface area contributed by atoms with Crippen molar-refractivity contribution in [2.75, 3.05) is 4.90 Å². The molecule has 5 nitrogen and oxygen atoms in total. The molecule has 0 aromatic heterocycles. The number of carbonyl (C=O) groups excluding carboxylic acids is 3. The van der Waals surface area contributed by atoms with Crippen LogP contribution in [-0.2, 0) is 9.59 Å². The second-order valence-electron chi connectivity index (χ2n) is 3.18. The van der Waals surface area contributed by atoms with Gasteiger partial charge in [-0.3, -0.25) is 9.59 Å². The Kier molecular flexibility index (Phi) is 4.22. The summed E-state index contributed by atoms with van der Waals surface area (Å²) < 4.78 is 0. The summed E-state index contributed by atoms with van der Waals surface area (Å²) in [5.41, 5.74) is 0.334. The van der Waals surface area contributed by atoms with Crippen molar-refractivity contribution in [2.24, 2.45) is 0 Å². The third-order valence-electron chi connectivity index (χ3n) is 2.17. The minimum atomic E-state index is -1.30. The predicted octanol–water partition coefficient (Wildman–Crippen LogP) is -3.52. The number of hydrogen-bond acceptors (Lipinski definition) is 4. The third-order valence-corrected chi connectivity index (χ3v) is 2.17. The molecular weight excluding hydrogens is 233 g/mol. The van der Waals surface area contributed by atoms with Gasteiger partial charge in [0.2, 0.25) is 0 Å². The number of aromatic carboxylic acids is 1. The maximum absolute atomic E-state index is 11.3. The SMILES string of the molecule is O=C([O-])c1ccc(N2C(=O)C=CC2=O)cc1.[Na+]. The average molecular weight is 239 g/mol. The van der Waals surface area contributed by atoms with E-state index < -0.39 is 17.8 Å². The van der Waals surface area contributed by atoms with Gasteiger partial charge in [0.05, 0.1) is 11.7 Å². The number of carboxylic acid groups (broad SMARTS) is 1. The van der Waals surface area contributed by atoms with Crippen LogP contribution in [0.5, 0.6) is 0 Å². The number of carboxylic acids is 1. The molecule has 2 rings (SSSR count). The van der Waals surface area contributed by atoms with Gasteiger partial charge in [-0.05, 0) is 17.7 Å². The van der Waals surface area contributed by atoms with E-state index in [-0.39, 0.29) is 35.1 Å². The molecule has 6 heteroatoms. The predicted molar refractivity (Wildman–Crippen MR) is 52.4 cm³/mol. The van der Waals surface area contributed by atoms with E-state index in [0.717, 1.165) is 17.1 Å². The molecule has 0 saturated heterocycles. The summed E-state index contributed by atoms with van der Waals surface area (Å²) in [6, 6.07) is 5.33. The Bertz CT molecular complexity index is 489. The standard InChI is InChI=1S/C11H7NO4.Na/c13-9-5-6-10(14)12(9)8-3-1-7(2-4-8)11(15)16;/h1-6H,(H,15,16);/q;+1/p-1. The average Bonchev–Trinajstić information content (AvgIpc) is 2.59. The van der Waals surface area contributed by atoms with Gasteiger partial charge in [0, 0.05) is 12.2 Å². The van der Waals surface area contributed by atoms with Gasteiger partial charge in [-0.1, -0.05) is 12.1 Å². The molecule has 2 amide bonds. The molecule has 0 bridgehead atoms. The quantitative estimate of drug-likeness (QED) is 0.396. The van der Waals surface area contributed by atoms with Gasteiger partial charge < -0.3 is 9.90 Å². The Morgan fingerprint density at radius 2 is 1.47 bits per heavy atom. The summed E-state index contributed by atoms with van der Waals surface area (Å²) in [4.78, 5) is 34.0. The summed E-state index contributed by atoms with van der Waals surface area (Å²) >= 11 is 0. The molecule has 0 N–H and O–H groups in total. The van der Waals surface area contributed by atoms with E-state index in [1.54, 1.807) is 0 Å². The van der Waals surface area contributed by atoms with E-state index in [1.807, 2.05) is 0 Å². The number of anilines is 1. The smallest absolute Gasteiger partial charge is 0.545 e. The fourth-order valence-corrected chi connectivity index (χ4v) is 1.40. The Morgan fingerprint density at radius 1 is 1.00 bits per heavy atom. The number of benzene rings is 1. The van der Waals surface area contributed by atoms with Crippen molar-refractivity contribution in [2.45, 2.75) is 0 Å². The first-order chi connectivity index (χ1) is 7.59. The molecule has 1 heterocycles. The summed E-state index contributed by atoms with van der Waals surface area (Å²) in [6.45, 7) is 0. The Labute approximate surface area is 119 Å². The number of nitrogens with zero attached hydrogens (tertiary/aromatic N) is 1. The van der Waals surface area contributed by atoms with E-state index in [2.05, 4.69) is 0 Å². The van der Waals surface area contributed by atoms with Crippen LogP contribution >= 0.6 is 0 Å². The molecular formula is C11H6NNaO4. The van der Waals surface area contributed by atoms with Crippen LogP contribution in [0.4, 0.5) is 5.69 Å². The molecule has 17 heavy (non-hydrogen) atoms. The van der Waals surface area contributed by atoms with Crippen molar-refractivity contribution < 1.29 is 49.0 Å². The van der Waals surface area contributed by atoms with Crippen LogP contribution in [0.15, 0.2) is 36.4 Å². The second-order valence-corrected chi connectivity index (χ2v) is 3.18. The molecule has 0 spiro atoms. The zero-order valence-corrected chi connectivity index (χ0v) is 11.0. The number of imide groups is 1. The summed E-state index contributed by atoms with van der Waals surface area (Å²) in [5.74, 6) is -2.18. The molecule has 0 aliphatic carbocycles. The normalized spacial score (nSPS) is 13.8. The third kappa shape index (κ3) is 2.63. The molecule has 0 radical (unpaired) electrons. The summed E-state index contributed by atoms with van der Waals surface area (Å²) in [6.07, 6.45) is 2.32. The van der Waals surface area contributed by atoms with E-state index in [1.165, 1.54) is 24.3 Å². The molecule has 0 fully saturated rings. The number of carbonyl (C=O) groups is 3. The molecule has 0 atom stereocenters. The van der Waals surface area contributed by atoms with E-state index >= 15 is 0 Å². The fourth-order valence-electron chi connectivity index (χ4n) is 1.40. The topological polar surface area (TPSA) is 77.5 Å². The first-order valence-corrected chi connectivity index (χ1v) is 4.47. The molecule has 0 unspecified atom stereocenters. The van der Waals surface area contributed by atoms with Gasteiger partial charge >= 0.3 is 29.6 Å². The van der Waals surface area contributed by atoms with E-state index in [0.29, 0.717) is 5.69 Å². The summed E-state index contributed by atoms with van der Waals surface area (Å²) in [5, 5.41) is 10.5. The molecule has 80 valence electrons. The van der Waals surface area contributed by atoms with Crippen LogP contribution in [0.2, 0.25) is 0 Å². The second kappa shape index (κ2) is 5.27. The zero-order valence-electron chi connectivity index (χ0n) is 9.04. The van der Waals surface area contributed by atoms with Crippen molar-refractivity contribution in [3.05, 3.63) is 42.0 Å². The first kappa shape index (κ1) is 13.6. The minimum absolute atomic E-state index is 0. The van der Waals surface area contributed by atoms with Crippen molar-refractivity contribution in [1.82, 2.24) is 0 Å². The van der Waals surface area contributed by atoms with Crippen LogP contribution in [0.3, 0.4) is 0 Å². The molecule has 1 aromatic carbocycles. The van der Waals surface area contributed by atoms with Crippen LogP contribution < -0.4 is 39.6 Å². The zero-order chi connectivity index (χ0) is 11.7. The van der Waals surface area contributed by atoms with Crippen molar-refractivity contribution in [3.8, 4) is 0 Å². The molecule has 0 saturated carbocycles. The van der Waals surface area contributed by atoms with Gasteiger partial charge in [0.15, 0.2) is 0 Å². The maximum atomic E-state index is 11.3. The Balaban J connectivity index is 0.00000144. The van der Waals surface area contributed by atoms with Crippen LogP contribution in [0.1, 0.15) is 10.4 Å². The van der Waals surface area contributed by atoms with Crippen LogP contribution in [0, 0.1) is 0 Å².